The van der Waals surface area contributed by atoms with Crippen molar-refractivity contribution in [3.05, 3.63) is 23.8 Å². The standard InChI is InChI=1S/C16H25NO3/c1-5-16(6-2)11-20-15(10-17-16)13-8-7-12(18-3)9-14(13)19-4/h7-9,15,17H,5-6,10-11H2,1-4H3. The first-order valence-electron chi connectivity index (χ1n) is 7.26. The van der Waals surface area contributed by atoms with Crippen LogP contribution in [-0.4, -0.2) is 32.9 Å². The zero-order chi connectivity index (χ0) is 14.6. The lowest BCUT2D eigenvalue weighted by atomic mass is 9.91. The van der Waals surface area contributed by atoms with Crippen LogP contribution in [0.3, 0.4) is 0 Å². The molecule has 4 nitrogen and oxygen atoms in total. The number of benzene rings is 1. The number of hydrogen-bond donors (Lipinski definition) is 1. The van der Waals surface area contributed by atoms with Gasteiger partial charge >= 0.3 is 0 Å². The van der Waals surface area contributed by atoms with Crippen LogP contribution in [0.4, 0.5) is 0 Å². The Bertz CT molecular complexity index is 433. The highest BCUT2D eigenvalue weighted by Gasteiger charge is 2.33. The van der Waals surface area contributed by atoms with Gasteiger partial charge in [-0.3, -0.25) is 0 Å². The summed E-state index contributed by atoms with van der Waals surface area (Å²) in [5, 5.41) is 3.65. The molecule has 0 amide bonds. The molecule has 0 aromatic heterocycles. The van der Waals surface area contributed by atoms with Crippen LogP contribution in [-0.2, 0) is 4.74 Å². The van der Waals surface area contributed by atoms with Crippen LogP contribution in [0.25, 0.3) is 0 Å². The van der Waals surface area contributed by atoms with Gasteiger partial charge in [-0.2, -0.15) is 0 Å². The van der Waals surface area contributed by atoms with Gasteiger partial charge in [0.05, 0.1) is 26.9 Å². The molecule has 0 saturated carbocycles. The first-order valence-corrected chi connectivity index (χ1v) is 7.26. The van der Waals surface area contributed by atoms with Gasteiger partial charge in [0.15, 0.2) is 0 Å². The second-order valence-electron chi connectivity index (χ2n) is 5.28. The van der Waals surface area contributed by atoms with Gasteiger partial charge in [-0.1, -0.05) is 13.8 Å². The zero-order valence-electron chi connectivity index (χ0n) is 12.9. The highest BCUT2D eigenvalue weighted by Crippen LogP contribution is 2.34. The SMILES string of the molecule is CCC1(CC)COC(c2ccc(OC)cc2OC)CN1. The van der Waals surface area contributed by atoms with E-state index in [1.54, 1.807) is 14.2 Å². The van der Waals surface area contributed by atoms with Crippen molar-refractivity contribution in [1.29, 1.82) is 0 Å². The van der Waals surface area contributed by atoms with Crippen LogP contribution in [0.2, 0.25) is 0 Å². The maximum atomic E-state index is 6.09. The van der Waals surface area contributed by atoms with E-state index in [1.807, 2.05) is 18.2 Å². The van der Waals surface area contributed by atoms with Gasteiger partial charge in [-0.15, -0.1) is 0 Å². The van der Waals surface area contributed by atoms with E-state index in [9.17, 15) is 0 Å². The fourth-order valence-electron chi connectivity index (χ4n) is 2.67. The third kappa shape index (κ3) is 2.91. The fourth-order valence-corrected chi connectivity index (χ4v) is 2.67. The van der Waals surface area contributed by atoms with Crippen molar-refractivity contribution in [3.8, 4) is 11.5 Å². The highest BCUT2D eigenvalue weighted by atomic mass is 16.5. The number of nitrogens with one attached hydrogen (secondary N) is 1. The molecule has 1 aromatic carbocycles. The minimum Gasteiger partial charge on any atom is -0.497 e. The first kappa shape index (κ1) is 15.1. The van der Waals surface area contributed by atoms with Crippen LogP contribution in [0, 0.1) is 0 Å². The second-order valence-corrected chi connectivity index (χ2v) is 5.28. The normalized spacial score (nSPS) is 21.5. The molecule has 2 rings (SSSR count). The van der Waals surface area contributed by atoms with E-state index in [1.165, 1.54) is 0 Å². The predicted molar refractivity (Wildman–Crippen MR) is 79.6 cm³/mol. The Kier molecular flexibility index (Phi) is 4.89. The Hall–Kier alpha value is -1.26. The van der Waals surface area contributed by atoms with E-state index in [0.717, 1.165) is 43.1 Å². The van der Waals surface area contributed by atoms with Gasteiger partial charge in [-0.25, -0.2) is 0 Å². The third-order valence-electron chi connectivity index (χ3n) is 4.36. The van der Waals surface area contributed by atoms with Gasteiger partial charge in [0, 0.05) is 23.7 Å². The monoisotopic (exact) mass is 279 g/mol. The molecule has 1 atom stereocenters. The minimum absolute atomic E-state index is 0.0297. The summed E-state index contributed by atoms with van der Waals surface area (Å²) in [6.07, 6.45) is 2.19. The molecule has 4 heteroatoms. The molecule has 0 spiro atoms. The first-order chi connectivity index (χ1) is 9.68. The highest BCUT2D eigenvalue weighted by molar-refractivity contribution is 5.42. The summed E-state index contributed by atoms with van der Waals surface area (Å²) in [6.45, 7) is 5.95. The number of hydrogen-bond acceptors (Lipinski definition) is 4. The van der Waals surface area contributed by atoms with E-state index in [-0.39, 0.29) is 11.6 Å². The van der Waals surface area contributed by atoms with Gasteiger partial charge < -0.3 is 19.5 Å². The van der Waals surface area contributed by atoms with Crippen LogP contribution in [0.1, 0.15) is 38.4 Å². The molecule has 1 aromatic rings. The van der Waals surface area contributed by atoms with Crippen molar-refractivity contribution < 1.29 is 14.2 Å². The van der Waals surface area contributed by atoms with E-state index < -0.39 is 0 Å². The van der Waals surface area contributed by atoms with Crippen molar-refractivity contribution in [2.24, 2.45) is 0 Å². The lowest BCUT2D eigenvalue weighted by Gasteiger charge is -2.40. The Labute approximate surface area is 121 Å². The lowest BCUT2D eigenvalue weighted by molar-refractivity contribution is -0.0383. The molecule has 1 unspecified atom stereocenters. The maximum absolute atomic E-state index is 6.09. The molecule has 112 valence electrons. The largest absolute Gasteiger partial charge is 0.497 e. The topological polar surface area (TPSA) is 39.7 Å². The summed E-state index contributed by atoms with van der Waals surface area (Å²) >= 11 is 0. The number of ether oxygens (including phenoxy) is 3. The van der Waals surface area contributed by atoms with Crippen LogP contribution >= 0.6 is 0 Å². The molecule has 1 aliphatic heterocycles. The van der Waals surface area contributed by atoms with E-state index in [0.29, 0.717) is 0 Å². The predicted octanol–water partition coefficient (Wildman–Crippen LogP) is 2.92. The summed E-state index contributed by atoms with van der Waals surface area (Å²) < 4.78 is 16.8. The summed E-state index contributed by atoms with van der Waals surface area (Å²) in [4.78, 5) is 0. The van der Waals surface area contributed by atoms with Crippen molar-refractivity contribution >= 4 is 0 Å². The summed E-state index contributed by atoms with van der Waals surface area (Å²) in [5.74, 6) is 1.61. The number of methoxy groups -OCH3 is 2. The molecule has 1 heterocycles. The smallest absolute Gasteiger partial charge is 0.128 e. The molecule has 1 fully saturated rings. The van der Waals surface area contributed by atoms with Gasteiger partial charge in [-0.05, 0) is 25.0 Å². The molecule has 0 bridgehead atoms. The van der Waals surface area contributed by atoms with Crippen molar-refractivity contribution in [1.82, 2.24) is 5.32 Å². The maximum Gasteiger partial charge on any atom is 0.128 e. The average Bonchev–Trinajstić information content (AvgIpc) is 2.54. The molecular weight excluding hydrogens is 254 g/mol. The second kappa shape index (κ2) is 6.46. The van der Waals surface area contributed by atoms with Crippen molar-refractivity contribution in [2.45, 2.75) is 38.3 Å². The lowest BCUT2D eigenvalue weighted by Crippen LogP contribution is -2.54. The van der Waals surface area contributed by atoms with Crippen molar-refractivity contribution in [2.75, 3.05) is 27.4 Å². The summed E-state index contributed by atoms with van der Waals surface area (Å²) in [5.41, 5.74) is 1.19. The van der Waals surface area contributed by atoms with Crippen molar-refractivity contribution in [3.63, 3.8) is 0 Å². The molecule has 1 saturated heterocycles. The van der Waals surface area contributed by atoms with E-state index in [2.05, 4.69) is 19.2 Å². The third-order valence-corrected chi connectivity index (χ3v) is 4.36. The minimum atomic E-state index is 0.0297. The number of rotatable bonds is 5. The average molecular weight is 279 g/mol. The molecule has 1 aliphatic rings. The zero-order valence-corrected chi connectivity index (χ0v) is 12.9. The quantitative estimate of drug-likeness (QED) is 0.899. The van der Waals surface area contributed by atoms with E-state index >= 15 is 0 Å². The Morgan fingerprint density at radius 1 is 1.25 bits per heavy atom. The Morgan fingerprint density at radius 2 is 2.00 bits per heavy atom. The summed E-state index contributed by atoms with van der Waals surface area (Å²) in [6, 6.07) is 5.87. The molecule has 0 aliphatic carbocycles. The van der Waals surface area contributed by atoms with Gasteiger partial charge in [0.25, 0.3) is 0 Å². The molecule has 20 heavy (non-hydrogen) atoms. The van der Waals surface area contributed by atoms with Gasteiger partial charge in [0.2, 0.25) is 0 Å². The Morgan fingerprint density at radius 3 is 2.50 bits per heavy atom. The fraction of sp³-hybridized carbons (Fsp3) is 0.625. The van der Waals surface area contributed by atoms with Gasteiger partial charge in [0.1, 0.15) is 11.5 Å². The molecule has 0 radical (unpaired) electrons. The molecular formula is C16H25NO3. The number of morpholine rings is 1. The Balaban J connectivity index is 2.14. The van der Waals surface area contributed by atoms with Crippen LogP contribution < -0.4 is 14.8 Å². The van der Waals surface area contributed by atoms with Crippen LogP contribution in [0.5, 0.6) is 11.5 Å². The molecule has 1 N–H and O–H groups in total. The van der Waals surface area contributed by atoms with E-state index in [4.69, 9.17) is 14.2 Å². The summed E-state index contributed by atoms with van der Waals surface area (Å²) in [7, 11) is 3.33. The van der Waals surface area contributed by atoms with Crippen LogP contribution in [0.15, 0.2) is 18.2 Å².